The highest BCUT2D eigenvalue weighted by atomic mass is 16.6. The molecular weight excluding hydrogens is 438 g/mol. The lowest BCUT2D eigenvalue weighted by Gasteiger charge is -2.28. The van der Waals surface area contributed by atoms with Gasteiger partial charge < -0.3 is 4.74 Å². The summed E-state index contributed by atoms with van der Waals surface area (Å²) >= 11 is 0. The van der Waals surface area contributed by atoms with Crippen molar-refractivity contribution in [2.45, 2.75) is 67.5 Å². The molecule has 7 nitrogen and oxygen atoms in total. The molecule has 1 aromatic carbocycles. The number of anilines is 1. The van der Waals surface area contributed by atoms with Crippen LogP contribution in [0.25, 0.3) is 16.9 Å². The van der Waals surface area contributed by atoms with Crippen LogP contribution in [0.5, 0.6) is 0 Å². The molecule has 35 heavy (non-hydrogen) atoms. The van der Waals surface area contributed by atoms with E-state index >= 15 is 0 Å². The van der Waals surface area contributed by atoms with Crippen LogP contribution >= 0.6 is 0 Å². The molecule has 4 rings (SSSR count). The molecule has 0 saturated carbocycles. The summed E-state index contributed by atoms with van der Waals surface area (Å²) in [5.41, 5.74) is 3.56. The van der Waals surface area contributed by atoms with E-state index in [1.807, 2.05) is 104 Å². The number of aromatic nitrogens is 4. The van der Waals surface area contributed by atoms with Gasteiger partial charge in [0.2, 0.25) is 0 Å². The van der Waals surface area contributed by atoms with E-state index in [1.165, 1.54) is 0 Å². The quantitative estimate of drug-likeness (QED) is 0.315. The van der Waals surface area contributed by atoms with Crippen molar-refractivity contribution >= 4 is 17.6 Å². The van der Waals surface area contributed by atoms with Crippen molar-refractivity contribution < 1.29 is 9.53 Å². The zero-order valence-electron chi connectivity index (χ0n) is 22.1. The summed E-state index contributed by atoms with van der Waals surface area (Å²) in [5, 5.41) is 4.48. The van der Waals surface area contributed by atoms with Gasteiger partial charge in [-0.05, 0) is 39.3 Å². The van der Waals surface area contributed by atoms with Crippen molar-refractivity contribution in [2.75, 3.05) is 4.90 Å². The summed E-state index contributed by atoms with van der Waals surface area (Å²) in [7, 11) is 0. The molecule has 0 aliphatic rings. The third-order valence-corrected chi connectivity index (χ3v) is 4.65. The van der Waals surface area contributed by atoms with Crippen LogP contribution in [-0.2, 0) is 11.3 Å². The van der Waals surface area contributed by atoms with Gasteiger partial charge in [0, 0.05) is 29.6 Å². The average Bonchev–Trinajstić information content (AvgIpc) is 3.25. The molecule has 0 N–H and O–H groups in total. The number of rotatable bonds is 4. The van der Waals surface area contributed by atoms with Crippen molar-refractivity contribution in [3.8, 4) is 11.3 Å². The Morgan fingerprint density at radius 1 is 1.00 bits per heavy atom. The highest BCUT2D eigenvalue weighted by Crippen LogP contribution is 2.28. The number of ether oxygens (including phenoxy) is 1. The van der Waals surface area contributed by atoms with E-state index in [1.54, 1.807) is 28.0 Å². The largest absolute Gasteiger partial charge is 0.443 e. The first kappa shape index (κ1) is 27.5. The molecule has 0 unspecified atom stereocenters. The minimum absolute atomic E-state index is 0.287. The number of amides is 1. The van der Waals surface area contributed by atoms with E-state index in [9.17, 15) is 4.79 Å². The van der Waals surface area contributed by atoms with Crippen molar-refractivity contribution in [3.05, 3.63) is 78.2 Å². The Balaban J connectivity index is 0.00000103. The first-order valence-electron chi connectivity index (χ1n) is 12.1. The maximum Gasteiger partial charge on any atom is 0.416 e. The molecule has 3 heterocycles. The molecule has 0 atom stereocenters. The third kappa shape index (κ3) is 7.12. The summed E-state index contributed by atoms with van der Waals surface area (Å²) in [6.45, 7) is 15.8. The Morgan fingerprint density at radius 2 is 1.69 bits per heavy atom. The third-order valence-electron chi connectivity index (χ3n) is 4.65. The van der Waals surface area contributed by atoms with Crippen LogP contribution in [0.3, 0.4) is 0 Å². The van der Waals surface area contributed by atoms with Gasteiger partial charge in [-0.15, -0.1) is 0 Å². The number of pyridine rings is 1. The Hall–Kier alpha value is -3.74. The lowest BCUT2D eigenvalue weighted by atomic mass is 10.1. The summed E-state index contributed by atoms with van der Waals surface area (Å²) in [4.78, 5) is 23.8. The van der Waals surface area contributed by atoms with Crippen molar-refractivity contribution in [1.82, 2.24) is 19.6 Å². The predicted octanol–water partition coefficient (Wildman–Crippen LogP) is 7.09. The Bertz CT molecular complexity index is 1200. The maximum absolute atomic E-state index is 13.3. The minimum atomic E-state index is -0.640. The van der Waals surface area contributed by atoms with Gasteiger partial charge in [-0.25, -0.2) is 9.78 Å². The fourth-order valence-corrected chi connectivity index (χ4v) is 3.24. The summed E-state index contributed by atoms with van der Waals surface area (Å²) in [6.07, 6.45) is 4.73. The fraction of sp³-hybridized carbons (Fsp3) is 0.357. The molecule has 0 fully saturated rings. The van der Waals surface area contributed by atoms with Crippen LogP contribution in [-0.4, -0.2) is 31.3 Å². The number of carbonyl (C=O) groups excluding carboxylic acids is 1. The van der Waals surface area contributed by atoms with Crippen LogP contribution in [0, 0.1) is 6.92 Å². The normalized spacial score (nSPS) is 10.5. The van der Waals surface area contributed by atoms with E-state index in [0.29, 0.717) is 11.5 Å². The van der Waals surface area contributed by atoms with E-state index in [4.69, 9.17) is 9.72 Å². The van der Waals surface area contributed by atoms with Crippen molar-refractivity contribution in [2.24, 2.45) is 0 Å². The van der Waals surface area contributed by atoms with Crippen molar-refractivity contribution in [3.63, 3.8) is 0 Å². The molecule has 0 saturated heterocycles. The molecular formula is C28H37N5O2. The molecule has 1 amide bonds. The van der Waals surface area contributed by atoms with Gasteiger partial charge in [-0.1, -0.05) is 64.1 Å². The SMILES string of the molecule is CC.CC.Cc1cnn2c(N(Cc3cccnc3)C(=O)OC(C)(C)C)cc(-c3ccccc3)nc12. The zero-order chi connectivity index (χ0) is 26.0. The first-order valence-corrected chi connectivity index (χ1v) is 12.1. The van der Waals surface area contributed by atoms with Gasteiger partial charge >= 0.3 is 6.09 Å². The monoisotopic (exact) mass is 475 g/mol. The fourth-order valence-electron chi connectivity index (χ4n) is 3.24. The second-order valence-electron chi connectivity index (χ2n) is 8.36. The van der Waals surface area contributed by atoms with E-state index in [2.05, 4.69) is 10.1 Å². The summed E-state index contributed by atoms with van der Waals surface area (Å²) in [5.74, 6) is 0.579. The van der Waals surface area contributed by atoms with E-state index in [-0.39, 0.29) is 6.54 Å². The zero-order valence-corrected chi connectivity index (χ0v) is 22.1. The second kappa shape index (κ2) is 12.6. The summed E-state index contributed by atoms with van der Waals surface area (Å²) in [6, 6.07) is 15.5. The first-order chi connectivity index (χ1) is 16.8. The van der Waals surface area contributed by atoms with Gasteiger partial charge in [0.25, 0.3) is 0 Å². The van der Waals surface area contributed by atoms with Gasteiger partial charge in [0.1, 0.15) is 11.4 Å². The molecule has 0 aliphatic carbocycles. The molecule has 7 heteroatoms. The average molecular weight is 476 g/mol. The number of hydrogen-bond acceptors (Lipinski definition) is 5. The molecule has 4 aromatic rings. The number of aryl methyl sites for hydroxylation is 1. The Kier molecular flexibility index (Phi) is 9.94. The number of fused-ring (bicyclic) bond motifs is 1. The number of nitrogens with zero attached hydrogens (tertiary/aromatic N) is 5. The molecule has 0 bridgehead atoms. The smallest absolute Gasteiger partial charge is 0.416 e. The number of benzene rings is 1. The number of hydrogen-bond donors (Lipinski definition) is 0. The standard InChI is InChI=1S/C24H25N5O2.2C2H6/c1-17-14-26-29-21(13-20(27-22(17)29)19-10-6-5-7-11-19)28(23(30)31-24(2,3)4)16-18-9-8-12-25-15-18;2*1-2/h5-15H,16H2,1-4H3;2*1-2H3. The molecule has 0 radical (unpaired) electrons. The lowest BCUT2D eigenvalue weighted by molar-refractivity contribution is 0.0575. The molecule has 0 aliphatic heterocycles. The number of carbonyl (C=O) groups is 1. The van der Waals surface area contributed by atoms with Crippen LogP contribution in [0.2, 0.25) is 0 Å². The maximum atomic E-state index is 13.3. The highest BCUT2D eigenvalue weighted by Gasteiger charge is 2.27. The minimum Gasteiger partial charge on any atom is -0.443 e. The molecule has 186 valence electrons. The molecule has 0 spiro atoms. The summed E-state index contributed by atoms with van der Waals surface area (Å²) < 4.78 is 7.42. The Morgan fingerprint density at radius 3 is 2.29 bits per heavy atom. The lowest BCUT2D eigenvalue weighted by Crippen LogP contribution is -2.37. The van der Waals surface area contributed by atoms with Gasteiger partial charge in [0.05, 0.1) is 18.4 Å². The van der Waals surface area contributed by atoms with Crippen LogP contribution in [0.15, 0.2) is 67.1 Å². The van der Waals surface area contributed by atoms with Gasteiger partial charge in [-0.2, -0.15) is 9.61 Å². The van der Waals surface area contributed by atoms with Crippen LogP contribution in [0.4, 0.5) is 10.6 Å². The highest BCUT2D eigenvalue weighted by molar-refractivity contribution is 5.88. The van der Waals surface area contributed by atoms with Gasteiger partial charge in [-0.3, -0.25) is 9.88 Å². The predicted molar refractivity (Wildman–Crippen MR) is 143 cm³/mol. The van der Waals surface area contributed by atoms with Crippen LogP contribution in [0.1, 0.15) is 59.6 Å². The van der Waals surface area contributed by atoms with Crippen LogP contribution < -0.4 is 4.90 Å². The van der Waals surface area contributed by atoms with E-state index < -0.39 is 11.7 Å². The second-order valence-corrected chi connectivity index (χ2v) is 8.36. The Labute approximate surface area is 208 Å². The van der Waals surface area contributed by atoms with E-state index in [0.717, 1.165) is 22.4 Å². The molecule has 3 aromatic heterocycles. The van der Waals surface area contributed by atoms with Gasteiger partial charge in [0.15, 0.2) is 5.65 Å². The van der Waals surface area contributed by atoms with Crippen molar-refractivity contribution in [1.29, 1.82) is 0 Å². The topological polar surface area (TPSA) is 72.6 Å².